The van der Waals surface area contributed by atoms with Gasteiger partial charge in [0.05, 0.1) is 12.7 Å². The topological polar surface area (TPSA) is 106 Å². The van der Waals surface area contributed by atoms with Crippen molar-refractivity contribution in [3.8, 4) is 0 Å². The number of hydrogen-bond donors (Lipinski definition) is 3. The third kappa shape index (κ3) is 10.1. The maximum Gasteiger partial charge on any atom is 0.252 e. The summed E-state index contributed by atoms with van der Waals surface area (Å²) in [4.78, 5) is 25.8. The molecular formula is C30H50N2O6Si. The minimum atomic E-state index is -2.32. The zero-order valence-electron chi connectivity index (χ0n) is 25.0. The lowest BCUT2D eigenvalue weighted by molar-refractivity contribution is -0.158. The van der Waals surface area contributed by atoms with Gasteiger partial charge in [0.25, 0.3) is 5.91 Å². The molecule has 0 aromatic heterocycles. The van der Waals surface area contributed by atoms with E-state index in [0.717, 1.165) is 18.4 Å². The van der Waals surface area contributed by atoms with E-state index in [1.165, 1.54) is 7.11 Å². The molecule has 0 spiro atoms. The van der Waals surface area contributed by atoms with Crippen molar-refractivity contribution in [3.63, 3.8) is 0 Å². The van der Waals surface area contributed by atoms with E-state index in [1.807, 2.05) is 42.5 Å². The van der Waals surface area contributed by atoms with E-state index in [-0.39, 0.29) is 23.5 Å². The zero-order valence-corrected chi connectivity index (χ0v) is 26.0. The number of allylic oxidation sites excluding steroid dienone is 1. The standard InChI is InChI=1S/C30H50N2O6Si/c1-21(2)17-18-24(38-39(7,8)30(3,4)5)26(37-20-22-14-10-9-11-15-22)25(33)27(36-6)29(35)32-23-16-12-13-19-31-28(23)34/h9-11,14-15,17-18,21,23-27,33H,12-13,16,19-20H2,1-8H3,(H,31,34)(H,32,35)/b18-17+/t23-,24+,25-,26-,27+/m0/s1. The fourth-order valence-electron chi connectivity index (χ4n) is 4.12. The van der Waals surface area contributed by atoms with E-state index >= 15 is 0 Å². The number of nitrogens with one attached hydrogen (secondary N) is 2. The lowest BCUT2D eigenvalue weighted by Crippen LogP contribution is -2.57. The molecule has 0 unspecified atom stereocenters. The van der Waals surface area contributed by atoms with Crippen LogP contribution in [-0.4, -0.2) is 69.4 Å². The summed E-state index contributed by atoms with van der Waals surface area (Å²) in [6.45, 7) is 15.7. The third-order valence-corrected chi connectivity index (χ3v) is 12.0. The van der Waals surface area contributed by atoms with Gasteiger partial charge in [-0.3, -0.25) is 9.59 Å². The molecule has 220 valence electrons. The number of carbonyl (C=O) groups excluding carboxylic acids is 2. The normalized spacial score (nSPS) is 20.3. The molecule has 2 amide bonds. The first-order valence-electron chi connectivity index (χ1n) is 14.1. The van der Waals surface area contributed by atoms with Gasteiger partial charge in [0.15, 0.2) is 14.4 Å². The molecule has 2 rings (SSSR count). The van der Waals surface area contributed by atoms with Gasteiger partial charge in [-0.15, -0.1) is 0 Å². The second-order valence-corrected chi connectivity index (χ2v) is 17.0. The Labute approximate surface area is 236 Å². The first-order valence-corrected chi connectivity index (χ1v) is 17.0. The van der Waals surface area contributed by atoms with Gasteiger partial charge in [-0.05, 0) is 48.9 Å². The van der Waals surface area contributed by atoms with Gasteiger partial charge in [0.2, 0.25) is 5.91 Å². The number of rotatable bonds is 13. The van der Waals surface area contributed by atoms with Crippen molar-refractivity contribution >= 4 is 20.1 Å². The Morgan fingerprint density at radius 1 is 1.18 bits per heavy atom. The first kappa shape index (κ1) is 33.2. The maximum atomic E-state index is 13.4. The van der Waals surface area contributed by atoms with E-state index in [0.29, 0.717) is 13.0 Å². The number of aliphatic hydroxyl groups is 1. The van der Waals surface area contributed by atoms with E-state index in [4.69, 9.17) is 13.9 Å². The Hall–Kier alpha value is -2.04. The Bertz CT molecular complexity index is 931. The zero-order chi connectivity index (χ0) is 29.2. The van der Waals surface area contributed by atoms with Crippen LogP contribution in [0.5, 0.6) is 0 Å². The second kappa shape index (κ2) is 15.1. The van der Waals surface area contributed by atoms with E-state index in [1.54, 1.807) is 0 Å². The fourth-order valence-corrected chi connectivity index (χ4v) is 5.37. The molecule has 0 aliphatic carbocycles. The molecule has 1 heterocycles. The average molecular weight is 563 g/mol. The van der Waals surface area contributed by atoms with E-state index in [9.17, 15) is 14.7 Å². The van der Waals surface area contributed by atoms with Crippen molar-refractivity contribution in [2.45, 2.75) is 109 Å². The molecule has 9 heteroatoms. The van der Waals surface area contributed by atoms with Crippen LogP contribution in [-0.2, 0) is 30.1 Å². The van der Waals surface area contributed by atoms with Gasteiger partial charge in [-0.25, -0.2) is 0 Å². The van der Waals surface area contributed by atoms with Crippen molar-refractivity contribution in [1.29, 1.82) is 0 Å². The molecule has 1 saturated heterocycles. The van der Waals surface area contributed by atoms with Crippen LogP contribution >= 0.6 is 0 Å². The highest BCUT2D eigenvalue weighted by atomic mass is 28.4. The molecule has 0 radical (unpaired) electrons. The third-order valence-electron chi connectivity index (χ3n) is 7.54. The van der Waals surface area contributed by atoms with Crippen molar-refractivity contribution in [1.82, 2.24) is 10.6 Å². The Kier molecular flexibility index (Phi) is 12.8. The Morgan fingerprint density at radius 3 is 2.44 bits per heavy atom. The maximum absolute atomic E-state index is 13.4. The van der Waals surface area contributed by atoms with Gasteiger partial charge >= 0.3 is 0 Å². The highest BCUT2D eigenvalue weighted by Gasteiger charge is 2.44. The summed E-state index contributed by atoms with van der Waals surface area (Å²) in [5, 5.41) is 17.2. The number of methoxy groups -OCH3 is 1. The molecule has 1 aromatic rings. The lowest BCUT2D eigenvalue weighted by atomic mass is 9.99. The minimum absolute atomic E-state index is 0.0866. The molecule has 3 N–H and O–H groups in total. The highest BCUT2D eigenvalue weighted by Crippen LogP contribution is 2.38. The quantitative estimate of drug-likeness (QED) is 0.244. The van der Waals surface area contributed by atoms with E-state index < -0.39 is 44.7 Å². The van der Waals surface area contributed by atoms with Crippen LogP contribution in [0.3, 0.4) is 0 Å². The predicted molar refractivity (Wildman–Crippen MR) is 157 cm³/mol. The summed E-state index contributed by atoms with van der Waals surface area (Å²) in [6.07, 6.45) is 2.01. The SMILES string of the molecule is CO[C@@H](C(=O)N[C@H]1CCCCNC1=O)[C@@H](O)[C@@H](OCc1ccccc1)[C@@H](/C=C/C(C)C)O[Si](C)(C)C(C)(C)C. The predicted octanol–water partition coefficient (Wildman–Crippen LogP) is 4.34. The number of ether oxygens (including phenoxy) is 2. The van der Waals surface area contributed by atoms with Crippen LogP contribution in [0.1, 0.15) is 59.4 Å². The fraction of sp³-hybridized carbons (Fsp3) is 0.667. The summed E-state index contributed by atoms with van der Waals surface area (Å²) >= 11 is 0. The molecule has 8 nitrogen and oxygen atoms in total. The minimum Gasteiger partial charge on any atom is -0.408 e. The van der Waals surface area contributed by atoms with Gasteiger partial charge in [0, 0.05) is 13.7 Å². The van der Waals surface area contributed by atoms with Crippen molar-refractivity contribution in [2.75, 3.05) is 13.7 Å². The number of carbonyl (C=O) groups is 2. The van der Waals surface area contributed by atoms with Crippen LogP contribution in [0.25, 0.3) is 0 Å². The van der Waals surface area contributed by atoms with Gasteiger partial charge in [0.1, 0.15) is 18.2 Å². The summed E-state index contributed by atoms with van der Waals surface area (Å²) in [5.41, 5.74) is 0.933. The monoisotopic (exact) mass is 562 g/mol. The largest absolute Gasteiger partial charge is 0.408 e. The molecule has 0 bridgehead atoms. The Morgan fingerprint density at radius 2 is 1.85 bits per heavy atom. The van der Waals surface area contributed by atoms with Crippen LogP contribution in [0.2, 0.25) is 18.1 Å². The lowest BCUT2D eigenvalue weighted by Gasteiger charge is -2.42. The summed E-state index contributed by atoms with van der Waals surface area (Å²) in [6, 6.07) is 9.00. The van der Waals surface area contributed by atoms with Gasteiger partial charge in [-0.1, -0.05) is 77.1 Å². The van der Waals surface area contributed by atoms with E-state index in [2.05, 4.69) is 58.3 Å². The van der Waals surface area contributed by atoms with Crippen LogP contribution in [0.4, 0.5) is 0 Å². The summed E-state index contributed by atoms with van der Waals surface area (Å²) < 4.78 is 18.7. The molecule has 0 saturated carbocycles. The van der Waals surface area contributed by atoms with Gasteiger partial charge in [-0.2, -0.15) is 0 Å². The first-order chi connectivity index (χ1) is 18.3. The van der Waals surface area contributed by atoms with Crippen molar-refractivity contribution in [3.05, 3.63) is 48.0 Å². The number of benzene rings is 1. The van der Waals surface area contributed by atoms with Crippen LogP contribution in [0.15, 0.2) is 42.5 Å². The summed E-state index contributed by atoms with van der Waals surface area (Å²) in [7, 11) is -0.938. The number of hydrogen-bond acceptors (Lipinski definition) is 6. The second-order valence-electron chi connectivity index (χ2n) is 12.2. The smallest absolute Gasteiger partial charge is 0.252 e. The molecule has 1 aliphatic heterocycles. The van der Waals surface area contributed by atoms with Crippen LogP contribution in [0, 0.1) is 5.92 Å². The highest BCUT2D eigenvalue weighted by molar-refractivity contribution is 6.74. The number of aliphatic hydroxyl groups excluding tert-OH is 1. The molecular weight excluding hydrogens is 512 g/mol. The van der Waals surface area contributed by atoms with Gasteiger partial charge < -0.3 is 29.6 Å². The molecule has 5 atom stereocenters. The Balaban J connectivity index is 2.40. The van der Waals surface area contributed by atoms with Crippen molar-refractivity contribution in [2.24, 2.45) is 5.92 Å². The van der Waals surface area contributed by atoms with Crippen molar-refractivity contribution < 1.29 is 28.6 Å². The molecule has 1 aliphatic rings. The molecule has 1 aromatic carbocycles. The molecule has 1 fully saturated rings. The summed E-state index contributed by atoms with van der Waals surface area (Å²) in [5.74, 6) is -0.530. The number of amides is 2. The molecule has 39 heavy (non-hydrogen) atoms. The van der Waals surface area contributed by atoms with Crippen LogP contribution < -0.4 is 10.6 Å². The average Bonchev–Trinajstić information content (AvgIpc) is 3.06.